The highest BCUT2D eigenvalue weighted by molar-refractivity contribution is 5.94. The molecule has 1 fully saturated rings. The third-order valence-corrected chi connectivity index (χ3v) is 4.01. The number of amides is 1. The molecule has 0 N–H and O–H groups in total. The van der Waals surface area contributed by atoms with Crippen LogP contribution >= 0.6 is 0 Å². The fraction of sp³-hybridized carbons (Fsp3) is 0.467. The number of rotatable bonds is 3. The normalized spacial score (nSPS) is 15.8. The Kier molecular flexibility index (Phi) is 4.35. The number of nitrogens with zero attached hydrogens (tertiary/aromatic N) is 2. The van der Waals surface area contributed by atoms with Gasteiger partial charge in [0.1, 0.15) is 0 Å². The summed E-state index contributed by atoms with van der Waals surface area (Å²) in [5.74, 6) is -0.0899. The number of nitro groups is 1. The van der Waals surface area contributed by atoms with Gasteiger partial charge in [0.25, 0.3) is 5.69 Å². The Morgan fingerprint density at radius 2 is 1.86 bits per heavy atom. The number of Topliss-reactive ketones (excluding diaryl/α,β-unsaturated/α-hetero) is 1. The number of hydrogen-bond donors (Lipinski definition) is 0. The third-order valence-electron chi connectivity index (χ3n) is 4.01. The van der Waals surface area contributed by atoms with E-state index in [1.807, 2.05) is 0 Å². The summed E-state index contributed by atoms with van der Waals surface area (Å²) in [5, 5.41) is 11.2. The van der Waals surface area contributed by atoms with Crippen LogP contribution in [0.1, 0.15) is 48.5 Å². The number of carbonyl (C=O) groups excluding carboxylic acids is 2. The first kappa shape index (κ1) is 15.2. The van der Waals surface area contributed by atoms with Crippen molar-refractivity contribution in [2.45, 2.75) is 32.6 Å². The van der Waals surface area contributed by atoms with Crippen molar-refractivity contribution < 1.29 is 14.5 Å². The van der Waals surface area contributed by atoms with Crippen LogP contribution in [0.25, 0.3) is 0 Å². The minimum absolute atomic E-state index is 0.00368. The van der Waals surface area contributed by atoms with Crippen molar-refractivity contribution in [1.82, 2.24) is 4.90 Å². The van der Waals surface area contributed by atoms with Gasteiger partial charge in [-0.25, -0.2) is 0 Å². The maximum Gasteiger partial charge on any atom is 0.273 e. The van der Waals surface area contributed by atoms with Crippen LogP contribution < -0.4 is 0 Å². The highest BCUT2D eigenvalue weighted by atomic mass is 16.6. The van der Waals surface area contributed by atoms with E-state index in [1.165, 1.54) is 19.9 Å². The summed E-state index contributed by atoms with van der Waals surface area (Å²) in [6.07, 6.45) is 1.42. The molecule has 0 saturated carbocycles. The molecule has 0 bridgehead atoms. The Bertz CT molecular complexity index is 589. The summed E-state index contributed by atoms with van der Waals surface area (Å²) in [5.41, 5.74) is 1.02. The van der Waals surface area contributed by atoms with E-state index >= 15 is 0 Å². The van der Waals surface area contributed by atoms with Crippen molar-refractivity contribution >= 4 is 17.4 Å². The number of benzene rings is 1. The molecule has 1 aromatic rings. The standard InChI is InChI=1S/C15H18N2O4/c1-10(18)13-3-4-14(15(9-13)17(20)21)12-5-7-16(8-6-12)11(2)19/h3-4,9,12H,5-8H2,1-2H3. The highest BCUT2D eigenvalue weighted by Gasteiger charge is 2.27. The largest absolute Gasteiger partial charge is 0.343 e. The van der Waals surface area contributed by atoms with Crippen LogP contribution in [0.5, 0.6) is 0 Å². The summed E-state index contributed by atoms with van der Waals surface area (Å²) in [6, 6.07) is 4.68. The molecule has 1 aliphatic heterocycles. The minimum atomic E-state index is -0.431. The fourth-order valence-corrected chi connectivity index (χ4v) is 2.77. The molecule has 0 atom stereocenters. The Labute approximate surface area is 122 Å². The molecule has 2 rings (SSSR count). The number of hydrogen-bond acceptors (Lipinski definition) is 4. The lowest BCUT2D eigenvalue weighted by molar-refractivity contribution is -0.385. The molecule has 1 amide bonds. The maximum absolute atomic E-state index is 11.4. The van der Waals surface area contributed by atoms with Crippen molar-refractivity contribution in [3.05, 3.63) is 39.4 Å². The van der Waals surface area contributed by atoms with E-state index in [1.54, 1.807) is 17.0 Å². The third kappa shape index (κ3) is 3.26. The molecule has 0 unspecified atom stereocenters. The Hall–Kier alpha value is -2.24. The van der Waals surface area contributed by atoms with E-state index < -0.39 is 4.92 Å². The molecular weight excluding hydrogens is 272 g/mol. The SMILES string of the molecule is CC(=O)c1ccc(C2CCN(C(C)=O)CC2)c([N+](=O)[O-])c1. The quantitative estimate of drug-likeness (QED) is 0.486. The van der Waals surface area contributed by atoms with Crippen LogP contribution in [0.2, 0.25) is 0 Å². The molecule has 1 aromatic carbocycles. The summed E-state index contributed by atoms with van der Waals surface area (Å²) in [6.45, 7) is 4.16. The molecule has 6 nitrogen and oxygen atoms in total. The average Bonchev–Trinajstić information content (AvgIpc) is 2.46. The van der Waals surface area contributed by atoms with Gasteiger partial charge >= 0.3 is 0 Å². The number of piperidine rings is 1. The van der Waals surface area contributed by atoms with E-state index in [4.69, 9.17) is 0 Å². The lowest BCUT2D eigenvalue weighted by Crippen LogP contribution is -2.36. The second kappa shape index (κ2) is 6.03. The highest BCUT2D eigenvalue weighted by Crippen LogP contribution is 2.34. The summed E-state index contributed by atoms with van der Waals surface area (Å²) < 4.78 is 0. The maximum atomic E-state index is 11.4. The molecule has 0 aromatic heterocycles. The zero-order chi connectivity index (χ0) is 15.6. The molecule has 1 aliphatic rings. The summed E-state index contributed by atoms with van der Waals surface area (Å²) >= 11 is 0. The van der Waals surface area contributed by atoms with Crippen LogP contribution in [0.3, 0.4) is 0 Å². The first-order chi connectivity index (χ1) is 9.90. The van der Waals surface area contributed by atoms with Gasteiger partial charge in [-0.3, -0.25) is 19.7 Å². The molecule has 0 radical (unpaired) electrons. The van der Waals surface area contributed by atoms with E-state index in [-0.39, 0.29) is 23.3 Å². The predicted molar refractivity (Wildman–Crippen MR) is 77.3 cm³/mol. The lowest BCUT2D eigenvalue weighted by atomic mass is 9.87. The van der Waals surface area contributed by atoms with Crippen molar-refractivity contribution in [3.8, 4) is 0 Å². The predicted octanol–water partition coefficient (Wildman–Crippen LogP) is 2.52. The first-order valence-electron chi connectivity index (χ1n) is 6.95. The first-order valence-corrected chi connectivity index (χ1v) is 6.95. The van der Waals surface area contributed by atoms with Crippen LogP contribution in [-0.4, -0.2) is 34.6 Å². The van der Waals surface area contributed by atoms with Gasteiger partial charge in [-0.05, 0) is 25.7 Å². The van der Waals surface area contributed by atoms with E-state index in [0.29, 0.717) is 37.1 Å². The fourth-order valence-electron chi connectivity index (χ4n) is 2.77. The van der Waals surface area contributed by atoms with Crippen LogP contribution in [-0.2, 0) is 4.79 Å². The average molecular weight is 290 g/mol. The Morgan fingerprint density at radius 1 is 1.24 bits per heavy atom. The van der Waals surface area contributed by atoms with Gasteiger partial charge in [0.15, 0.2) is 5.78 Å². The van der Waals surface area contributed by atoms with E-state index in [9.17, 15) is 19.7 Å². The molecule has 6 heteroatoms. The molecule has 0 spiro atoms. The number of carbonyl (C=O) groups is 2. The van der Waals surface area contributed by atoms with Gasteiger partial charge in [-0.15, -0.1) is 0 Å². The van der Waals surface area contributed by atoms with Crippen LogP contribution in [0.15, 0.2) is 18.2 Å². The molecule has 0 aliphatic carbocycles. The Balaban J connectivity index is 2.26. The summed E-state index contributed by atoms with van der Waals surface area (Å²) in [7, 11) is 0. The van der Waals surface area contributed by atoms with Gasteiger partial charge < -0.3 is 4.90 Å². The zero-order valence-electron chi connectivity index (χ0n) is 12.2. The molecule has 1 saturated heterocycles. The van der Waals surface area contributed by atoms with Crippen LogP contribution in [0.4, 0.5) is 5.69 Å². The molecular formula is C15H18N2O4. The van der Waals surface area contributed by atoms with Gasteiger partial charge in [0.2, 0.25) is 5.91 Å². The monoisotopic (exact) mass is 290 g/mol. The smallest absolute Gasteiger partial charge is 0.273 e. The lowest BCUT2D eigenvalue weighted by Gasteiger charge is -2.31. The summed E-state index contributed by atoms with van der Waals surface area (Å²) in [4.78, 5) is 35.2. The molecule has 112 valence electrons. The molecule has 1 heterocycles. The number of likely N-dealkylation sites (tertiary alicyclic amines) is 1. The van der Waals surface area contributed by atoms with E-state index in [0.717, 1.165) is 0 Å². The van der Waals surface area contributed by atoms with E-state index in [2.05, 4.69) is 0 Å². The van der Waals surface area contributed by atoms with Crippen molar-refractivity contribution in [1.29, 1.82) is 0 Å². The van der Waals surface area contributed by atoms with Gasteiger partial charge in [0.05, 0.1) is 4.92 Å². The number of nitro benzene ring substituents is 1. The van der Waals surface area contributed by atoms with Gasteiger partial charge in [0, 0.05) is 37.2 Å². The second-order valence-corrected chi connectivity index (χ2v) is 5.37. The van der Waals surface area contributed by atoms with Crippen molar-refractivity contribution in [2.75, 3.05) is 13.1 Å². The Morgan fingerprint density at radius 3 is 2.33 bits per heavy atom. The van der Waals surface area contributed by atoms with Gasteiger partial charge in [-0.2, -0.15) is 0 Å². The molecule has 21 heavy (non-hydrogen) atoms. The minimum Gasteiger partial charge on any atom is -0.343 e. The zero-order valence-corrected chi connectivity index (χ0v) is 12.2. The van der Waals surface area contributed by atoms with Crippen molar-refractivity contribution in [3.63, 3.8) is 0 Å². The van der Waals surface area contributed by atoms with Gasteiger partial charge in [-0.1, -0.05) is 12.1 Å². The number of ketones is 1. The topological polar surface area (TPSA) is 80.5 Å². The second-order valence-electron chi connectivity index (χ2n) is 5.37. The van der Waals surface area contributed by atoms with Crippen molar-refractivity contribution in [2.24, 2.45) is 0 Å². The van der Waals surface area contributed by atoms with Crippen LogP contribution in [0, 0.1) is 10.1 Å².